The summed E-state index contributed by atoms with van der Waals surface area (Å²) in [6.07, 6.45) is 0.885. The summed E-state index contributed by atoms with van der Waals surface area (Å²) in [5.74, 6) is 0.210. The quantitative estimate of drug-likeness (QED) is 0.796. The molecule has 7 heteroatoms. The summed E-state index contributed by atoms with van der Waals surface area (Å²) >= 11 is 6.23. The molecule has 0 radical (unpaired) electrons. The van der Waals surface area contributed by atoms with Gasteiger partial charge in [-0.1, -0.05) is 24.6 Å². The first-order valence-electron chi connectivity index (χ1n) is 9.29. The molecule has 2 aromatic carbocycles. The molecule has 3 rings (SSSR count). The van der Waals surface area contributed by atoms with Gasteiger partial charge in [-0.3, -0.25) is 9.59 Å². The first-order chi connectivity index (χ1) is 13.6. The van der Waals surface area contributed by atoms with Crippen molar-refractivity contribution in [1.82, 2.24) is 4.90 Å². The van der Waals surface area contributed by atoms with E-state index in [9.17, 15) is 9.59 Å². The Morgan fingerprint density at radius 1 is 1.14 bits per heavy atom. The Morgan fingerprint density at radius 3 is 2.68 bits per heavy atom. The molecule has 1 fully saturated rings. The van der Waals surface area contributed by atoms with Crippen molar-refractivity contribution in [3.63, 3.8) is 0 Å². The average Bonchev–Trinajstić information content (AvgIpc) is 2.74. The molecule has 1 aliphatic rings. The third-order valence-electron chi connectivity index (χ3n) is 4.33. The minimum Gasteiger partial charge on any atom is -0.494 e. The predicted molar refractivity (Wildman–Crippen MR) is 108 cm³/mol. The van der Waals surface area contributed by atoms with Crippen LogP contribution < -0.4 is 10.1 Å². The maximum atomic E-state index is 12.7. The van der Waals surface area contributed by atoms with Crippen LogP contribution in [0.1, 0.15) is 34.1 Å². The molecule has 0 spiro atoms. The van der Waals surface area contributed by atoms with Gasteiger partial charge in [-0.2, -0.15) is 0 Å². The van der Waals surface area contributed by atoms with Crippen LogP contribution in [0.5, 0.6) is 5.75 Å². The number of hydrogen-bond donors (Lipinski definition) is 1. The van der Waals surface area contributed by atoms with Gasteiger partial charge in [0.25, 0.3) is 11.8 Å². The summed E-state index contributed by atoms with van der Waals surface area (Å²) in [6, 6.07) is 11.8. The summed E-state index contributed by atoms with van der Waals surface area (Å²) in [7, 11) is 0. The van der Waals surface area contributed by atoms with Gasteiger partial charge in [-0.25, -0.2) is 0 Å². The highest BCUT2D eigenvalue weighted by Crippen LogP contribution is 2.25. The molecule has 6 nitrogen and oxygen atoms in total. The molecule has 148 valence electrons. The smallest absolute Gasteiger partial charge is 0.255 e. The van der Waals surface area contributed by atoms with Crippen LogP contribution in [-0.4, -0.2) is 49.6 Å². The van der Waals surface area contributed by atoms with Crippen molar-refractivity contribution in [1.29, 1.82) is 0 Å². The molecule has 1 heterocycles. The number of nitrogens with one attached hydrogen (secondary N) is 1. The third-order valence-corrected chi connectivity index (χ3v) is 4.66. The highest BCUT2D eigenvalue weighted by Gasteiger charge is 2.20. The lowest BCUT2D eigenvalue weighted by Gasteiger charge is -2.27. The van der Waals surface area contributed by atoms with E-state index in [0.717, 1.165) is 6.42 Å². The molecule has 0 saturated carbocycles. The number of benzene rings is 2. The molecule has 28 heavy (non-hydrogen) atoms. The van der Waals surface area contributed by atoms with E-state index in [2.05, 4.69) is 5.32 Å². The molecular formula is C21H23ClN2O4. The number of nitrogens with zero attached hydrogens (tertiary/aromatic N) is 1. The van der Waals surface area contributed by atoms with Crippen LogP contribution in [0.2, 0.25) is 5.02 Å². The lowest BCUT2D eigenvalue weighted by molar-refractivity contribution is 0.0303. The highest BCUT2D eigenvalue weighted by molar-refractivity contribution is 6.34. The van der Waals surface area contributed by atoms with E-state index in [1.807, 2.05) is 6.92 Å². The van der Waals surface area contributed by atoms with Gasteiger partial charge in [0, 0.05) is 24.2 Å². The standard InChI is InChI=1S/C21H23ClN2O4/c1-2-10-28-17-5-3-4-15(13-17)20(25)23-19-14-16(6-7-18(19)22)21(26)24-8-11-27-12-9-24/h3-7,13-14H,2,8-12H2,1H3,(H,23,25). The molecule has 1 saturated heterocycles. The Hall–Kier alpha value is -2.57. The van der Waals surface area contributed by atoms with Crippen molar-refractivity contribution < 1.29 is 19.1 Å². The second-order valence-corrected chi connectivity index (χ2v) is 6.84. The topological polar surface area (TPSA) is 67.9 Å². The lowest BCUT2D eigenvalue weighted by atomic mass is 10.1. The molecule has 0 atom stereocenters. The average molecular weight is 403 g/mol. The first-order valence-corrected chi connectivity index (χ1v) is 9.67. The number of ether oxygens (including phenoxy) is 2. The summed E-state index contributed by atoms with van der Waals surface area (Å²) in [4.78, 5) is 27.0. The molecule has 0 unspecified atom stereocenters. The molecule has 2 aromatic rings. The summed E-state index contributed by atoms with van der Waals surface area (Å²) in [6.45, 7) is 4.76. The van der Waals surface area contributed by atoms with Crippen molar-refractivity contribution in [2.75, 3.05) is 38.2 Å². The number of hydrogen-bond acceptors (Lipinski definition) is 4. The zero-order valence-corrected chi connectivity index (χ0v) is 16.5. The molecule has 1 N–H and O–H groups in total. The van der Waals surface area contributed by atoms with Crippen molar-refractivity contribution in [3.05, 3.63) is 58.6 Å². The molecule has 0 aliphatic carbocycles. The summed E-state index contributed by atoms with van der Waals surface area (Å²) in [5.41, 5.74) is 1.32. The SMILES string of the molecule is CCCOc1cccc(C(=O)Nc2cc(C(=O)N3CCOCC3)ccc2Cl)c1. The van der Waals surface area contributed by atoms with Gasteiger partial charge >= 0.3 is 0 Å². The maximum absolute atomic E-state index is 12.7. The fourth-order valence-corrected chi connectivity index (χ4v) is 3.01. The number of anilines is 1. The Bertz CT molecular complexity index is 850. The zero-order valence-electron chi connectivity index (χ0n) is 15.7. The second kappa shape index (κ2) is 9.57. The number of carbonyl (C=O) groups excluding carboxylic acids is 2. The Balaban J connectivity index is 1.74. The van der Waals surface area contributed by atoms with Gasteiger partial charge in [0.05, 0.1) is 30.5 Å². The molecule has 1 aliphatic heterocycles. The maximum Gasteiger partial charge on any atom is 0.255 e. The number of amides is 2. The minimum atomic E-state index is -0.320. The van der Waals surface area contributed by atoms with E-state index in [1.165, 1.54) is 0 Å². The molecule has 0 aromatic heterocycles. The molecule has 2 amide bonds. The number of morpholine rings is 1. The fourth-order valence-electron chi connectivity index (χ4n) is 2.84. The van der Waals surface area contributed by atoms with Crippen molar-refractivity contribution >= 4 is 29.1 Å². The summed E-state index contributed by atoms with van der Waals surface area (Å²) in [5, 5.41) is 3.15. The van der Waals surface area contributed by atoms with Crippen LogP contribution in [0.25, 0.3) is 0 Å². The van der Waals surface area contributed by atoms with Gasteiger partial charge in [-0.15, -0.1) is 0 Å². The van der Waals surface area contributed by atoms with Crippen molar-refractivity contribution in [2.45, 2.75) is 13.3 Å². The Labute approximate surface area is 169 Å². The largest absolute Gasteiger partial charge is 0.494 e. The zero-order chi connectivity index (χ0) is 19.9. The van der Waals surface area contributed by atoms with E-state index in [4.69, 9.17) is 21.1 Å². The van der Waals surface area contributed by atoms with Crippen LogP contribution in [0.15, 0.2) is 42.5 Å². The Morgan fingerprint density at radius 2 is 1.93 bits per heavy atom. The number of carbonyl (C=O) groups is 2. The van der Waals surface area contributed by atoms with Crippen LogP contribution in [0.3, 0.4) is 0 Å². The van der Waals surface area contributed by atoms with Crippen LogP contribution in [-0.2, 0) is 4.74 Å². The normalized spacial score (nSPS) is 13.9. The number of halogens is 1. The Kier molecular flexibility index (Phi) is 6.90. The van der Waals surface area contributed by atoms with Gasteiger partial charge in [-0.05, 0) is 42.8 Å². The van der Waals surface area contributed by atoms with Gasteiger partial charge in [0.15, 0.2) is 0 Å². The first kappa shape index (κ1) is 20.2. The molecule has 0 bridgehead atoms. The van der Waals surface area contributed by atoms with Gasteiger partial charge in [0.1, 0.15) is 5.75 Å². The number of rotatable bonds is 6. The lowest BCUT2D eigenvalue weighted by Crippen LogP contribution is -2.40. The van der Waals surface area contributed by atoms with Crippen LogP contribution in [0.4, 0.5) is 5.69 Å². The monoisotopic (exact) mass is 402 g/mol. The van der Waals surface area contributed by atoms with E-state index in [-0.39, 0.29) is 11.8 Å². The van der Waals surface area contributed by atoms with Crippen molar-refractivity contribution in [2.24, 2.45) is 0 Å². The third kappa shape index (κ3) is 5.03. The summed E-state index contributed by atoms with van der Waals surface area (Å²) < 4.78 is 10.9. The van der Waals surface area contributed by atoms with Gasteiger partial charge in [0.2, 0.25) is 0 Å². The minimum absolute atomic E-state index is 0.106. The van der Waals surface area contributed by atoms with Crippen LogP contribution in [0, 0.1) is 0 Å². The van der Waals surface area contributed by atoms with Crippen LogP contribution >= 0.6 is 11.6 Å². The second-order valence-electron chi connectivity index (χ2n) is 6.43. The van der Waals surface area contributed by atoms with E-state index < -0.39 is 0 Å². The van der Waals surface area contributed by atoms with E-state index in [0.29, 0.717) is 60.5 Å². The molecular weight excluding hydrogens is 380 g/mol. The highest BCUT2D eigenvalue weighted by atomic mass is 35.5. The fraction of sp³-hybridized carbons (Fsp3) is 0.333. The van der Waals surface area contributed by atoms with Crippen molar-refractivity contribution in [3.8, 4) is 5.75 Å². The van der Waals surface area contributed by atoms with Gasteiger partial charge < -0.3 is 19.7 Å². The predicted octanol–water partition coefficient (Wildman–Crippen LogP) is 3.85. The van der Waals surface area contributed by atoms with E-state index in [1.54, 1.807) is 47.4 Å². The van der Waals surface area contributed by atoms with E-state index >= 15 is 0 Å².